The molecular formula is C20H25BrF3NOS. The molecule has 0 amide bonds. The first-order chi connectivity index (χ1) is 12.4. The molecule has 4 rings (SSSR count). The van der Waals surface area contributed by atoms with E-state index in [2.05, 4.69) is 32.4 Å². The molecule has 0 radical (unpaired) electrons. The van der Waals surface area contributed by atoms with Crippen molar-refractivity contribution in [2.24, 2.45) is 11.3 Å². The van der Waals surface area contributed by atoms with Gasteiger partial charge in [-0.3, -0.25) is 0 Å². The van der Waals surface area contributed by atoms with Crippen molar-refractivity contribution in [1.29, 1.82) is 0 Å². The SMILES string of the molecule is CC(C)(C)[S+]([O-])N1CC12c1cc(Br)ccc1CC21CCC(C(F)(F)F)CC1. The summed E-state index contributed by atoms with van der Waals surface area (Å²) in [6.07, 6.45) is -1.88. The molecule has 0 bridgehead atoms. The monoisotopic (exact) mass is 463 g/mol. The smallest absolute Gasteiger partial charge is 0.391 e. The highest BCUT2D eigenvalue weighted by Gasteiger charge is 2.76. The van der Waals surface area contributed by atoms with Crippen LogP contribution in [0.2, 0.25) is 0 Å². The number of halogens is 4. The molecule has 1 saturated heterocycles. The predicted molar refractivity (Wildman–Crippen MR) is 105 cm³/mol. The zero-order valence-electron chi connectivity index (χ0n) is 15.8. The third-order valence-corrected chi connectivity index (χ3v) is 9.13. The average Bonchev–Trinajstić information content (AvgIpc) is 3.26. The summed E-state index contributed by atoms with van der Waals surface area (Å²) in [6, 6.07) is 6.18. The number of hydrogen-bond donors (Lipinski definition) is 0. The Labute approximate surface area is 170 Å². The van der Waals surface area contributed by atoms with Crippen LogP contribution in [-0.2, 0) is 23.3 Å². The second-order valence-electron chi connectivity index (χ2n) is 9.33. The van der Waals surface area contributed by atoms with Crippen molar-refractivity contribution in [3.8, 4) is 0 Å². The molecule has 3 aliphatic rings. The van der Waals surface area contributed by atoms with Gasteiger partial charge in [0.15, 0.2) is 0 Å². The van der Waals surface area contributed by atoms with Crippen molar-refractivity contribution in [1.82, 2.24) is 4.31 Å². The molecule has 150 valence electrons. The molecule has 27 heavy (non-hydrogen) atoms. The van der Waals surface area contributed by atoms with Crippen LogP contribution < -0.4 is 0 Å². The largest absolute Gasteiger partial charge is 0.597 e. The topological polar surface area (TPSA) is 26.1 Å². The summed E-state index contributed by atoms with van der Waals surface area (Å²) >= 11 is 2.37. The van der Waals surface area contributed by atoms with Crippen molar-refractivity contribution < 1.29 is 17.7 Å². The number of alkyl halides is 3. The molecule has 1 aromatic carbocycles. The summed E-state index contributed by atoms with van der Waals surface area (Å²) in [5, 5.41) is 0. The first-order valence-corrected chi connectivity index (χ1v) is 11.4. The number of rotatable bonds is 1. The minimum Gasteiger partial charge on any atom is -0.597 e. The van der Waals surface area contributed by atoms with Gasteiger partial charge in [0.05, 0.1) is 12.5 Å². The molecule has 2 nitrogen and oxygen atoms in total. The van der Waals surface area contributed by atoms with Crippen LogP contribution in [0.5, 0.6) is 0 Å². The predicted octanol–water partition coefficient (Wildman–Crippen LogP) is 5.72. The van der Waals surface area contributed by atoms with Crippen LogP contribution in [0, 0.1) is 11.3 Å². The Morgan fingerprint density at radius 1 is 1.19 bits per heavy atom. The first-order valence-electron chi connectivity index (χ1n) is 9.46. The van der Waals surface area contributed by atoms with E-state index < -0.39 is 23.5 Å². The van der Waals surface area contributed by atoms with Crippen molar-refractivity contribution >= 4 is 27.3 Å². The summed E-state index contributed by atoms with van der Waals surface area (Å²) in [5.41, 5.74) is 1.76. The Morgan fingerprint density at radius 2 is 1.81 bits per heavy atom. The van der Waals surface area contributed by atoms with E-state index in [9.17, 15) is 17.7 Å². The number of fused-ring (bicyclic) bond motifs is 3. The minimum atomic E-state index is -4.11. The van der Waals surface area contributed by atoms with Gasteiger partial charge in [-0.1, -0.05) is 22.0 Å². The molecule has 2 fully saturated rings. The lowest BCUT2D eigenvalue weighted by Gasteiger charge is -2.43. The maximum atomic E-state index is 13.2. The maximum absolute atomic E-state index is 13.2. The second-order valence-corrected chi connectivity index (χ2v) is 12.4. The van der Waals surface area contributed by atoms with Crippen molar-refractivity contribution in [3.05, 3.63) is 33.8 Å². The average molecular weight is 464 g/mol. The minimum absolute atomic E-state index is 0.177. The maximum Gasteiger partial charge on any atom is 0.391 e. The second kappa shape index (κ2) is 6.13. The Hall–Kier alpha value is -0.240. The highest BCUT2D eigenvalue weighted by Crippen LogP contribution is 2.69. The highest BCUT2D eigenvalue weighted by molar-refractivity contribution is 9.10. The third-order valence-electron chi connectivity index (χ3n) is 6.75. The third kappa shape index (κ3) is 2.99. The fraction of sp³-hybridized carbons (Fsp3) is 0.700. The molecule has 7 heteroatoms. The zero-order chi connectivity index (χ0) is 19.8. The van der Waals surface area contributed by atoms with Gasteiger partial charge >= 0.3 is 6.18 Å². The Balaban J connectivity index is 1.71. The van der Waals surface area contributed by atoms with E-state index in [0.717, 1.165) is 10.9 Å². The van der Waals surface area contributed by atoms with Crippen LogP contribution in [0.4, 0.5) is 13.2 Å². The van der Waals surface area contributed by atoms with Gasteiger partial charge in [0.1, 0.15) is 10.3 Å². The van der Waals surface area contributed by atoms with Crippen LogP contribution in [0.15, 0.2) is 22.7 Å². The fourth-order valence-corrected chi connectivity index (χ4v) is 7.23. The van der Waals surface area contributed by atoms with Crippen LogP contribution in [0.3, 0.4) is 0 Å². The Bertz CT molecular complexity index is 755. The van der Waals surface area contributed by atoms with Gasteiger partial charge in [-0.2, -0.15) is 13.2 Å². The van der Waals surface area contributed by atoms with Gasteiger partial charge < -0.3 is 4.55 Å². The molecule has 2 spiro atoms. The van der Waals surface area contributed by atoms with E-state index in [4.69, 9.17) is 0 Å². The molecule has 1 heterocycles. The van der Waals surface area contributed by atoms with E-state index in [0.29, 0.717) is 19.4 Å². The molecule has 1 saturated carbocycles. The van der Waals surface area contributed by atoms with E-state index >= 15 is 0 Å². The molecule has 1 aliphatic heterocycles. The van der Waals surface area contributed by atoms with Crippen molar-refractivity contribution in [2.45, 2.75) is 69.3 Å². The molecule has 1 aromatic rings. The fourth-order valence-electron chi connectivity index (χ4n) is 5.33. The van der Waals surface area contributed by atoms with Gasteiger partial charge in [-0.25, -0.2) is 0 Å². The Kier molecular flexibility index (Phi) is 4.55. The van der Waals surface area contributed by atoms with E-state index in [1.807, 2.05) is 26.8 Å². The van der Waals surface area contributed by atoms with Gasteiger partial charge in [0.2, 0.25) is 0 Å². The van der Waals surface area contributed by atoms with Crippen LogP contribution in [0.25, 0.3) is 0 Å². The number of benzene rings is 1. The normalized spacial score (nSPS) is 36.9. The van der Waals surface area contributed by atoms with Gasteiger partial charge in [0.25, 0.3) is 0 Å². The summed E-state index contributed by atoms with van der Waals surface area (Å²) in [7, 11) is 0. The molecular weight excluding hydrogens is 439 g/mol. The zero-order valence-corrected chi connectivity index (χ0v) is 18.2. The standard InChI is InChI=1S/C20H25BrF3NOS/c1-17(2,3)27(26)25-12-19(25)16-10-15(21)5-4-13(16)11-18(19)8-6-14(7-9-18)20(22,23)24/h4-5,10,14H,6-9,11-12H2,1-3H3. The van der Waals surface area contributed by atoms with Gasteiger partial charge in [-0.05, 0) is 76.1 Å². The molecule has 3 atom stereocenters. The van der Waals surface area contributed by atoms with Gasteiger partial charge in [0, 0.05) is 21.2 Å². The highest BCUT2D eigenvalue weighted by atomic mass is 79.9. The molecule has 0 aromatic heterocycles. The summed E-state index contributed by atoms with van der Waals surface area (Å²) in [4.78, 5) is 0. The summed E-state index contributed by atoms with van der Waals surface area (Å²) in [6.45, 7) is 6.55. The quantitative estimate of drug-likeness (QED) is 0.393. The molecule has 2 aliphatic carbocycles. The van der Waals surface area contributed by atoms with Crippen LogP contribution in [-0.4, -0.2) is 26.3 Å². The van der Waals surface area contributed by atoms with E-state index in [1.54, 1.807) is 0 Å². The first kappa shape index (κ1) is 20.0. The Morgan fingerprint density at radius 3 is 2.37 bits per heavy atom. The molecule has 3 unspecified atom stereocenters. The summed E-state index contributed by atoms with van der Waals surface area (Å²) < 4.78 is 55.5. The van der Waals surface area contributed by atoms with Crippen molar-refractivity contribution in [2.75, 3.05) is 6.54 Å². The van der Waals surface area contributed by atoms with E-state index in [-0.39, 0.29) is 28.5 Å². The van der Waals surface area contributed by atoms with Crippen LogP contribution in [0.1, 0.15) is 57.6 Å². The lowest BCUT2D eigenvalue weighted by Crippen LogP contribution is -2.45. The number of hydrogen-bond acceptors (Lipinski definition) is 2. The van der Waals surface area contributed by atoms with Crippen LogP contribution >= 0.6 is 15.9 Å². The lowest BCUT2D eigenvalue weighted by atomic mass is 9.63. The van der Waals surface area contributed by atoms with Crippen molar-refractivity contribution in [3.63, 3.8) is 0 Å². The van der Waals surface area contributed by atoms with Gasteiger partial charge in [-0.15, -0.1) is 4.31 Å². The number of nitrogens with zero attached hydrogens (tertiary/aromatic N) is 1. The lowest BCUT2D eigenvalue weighted by molar-refractivity contribution is -0.188. The molecule has 0 N–H and O–H groups in total. The van der Waals surface area contributed by atoms with E-state index in [1.165, 1.54) is 11.1 Å². The summed E-state index contributed by atoms with van der Waals surface area (Å²) in [5.74, 6) is -1.20.